The number of rotatable bonds is 6. The summed E-state index contributed by atoms with van der Waals surface area (Å²) < 4.78 is 46.4. The Morgan fingerprint density at radius 1 is 1.17 bits per heavy atom. The maximum absolute atomic E-state index is 12.4. The number of halogens is 3. The molecule has 0 fully saturated rings. The summed E-state index contributed by atoms with van der Waals surface area (Å²) in [6.07, 6.45) is -4.72. The van der Waals surface area contributed by atoms with E-state index in [4.69, 9.17) is 4.74 Å². The number of methoxy groups -OCH3 is 1. The molecule has 0 saturated heterocycles. The van der Waals surface area contributed by atoms with Gasteiger partial charge in [-0.3, -0.25) is 4.99 Å². The van der Waals surface area contributed by atoms with Crippen LogP contribution in [0.5, 0.6) is 5.75 Å². The molecule has 0 radical (unpaired) electrons. The minimum Gasteiger partial charge on any atom is -0.405 e. The zero-order valence-corrected chi connectivity index (χ0v) is 13.6. The Morgan fingerprint density at radius 3 is 2.39 bits per heavy atom. The molecular formula is C15H22F3N3O2. The molecular weight excluding hydrogens is 311 g/mol. The van der Waals surface area contributed by atoms with Crippen LogP contribution in [-0.4, -0.2) is 38.6 Å². The summed E-state index contributed by atoms with van der Waals surface area (Å²) >= 11 is 0. The van der Waals surface area contributed by atoms with Crippen molar-refractivity contribution in [3.05, 3.63) is 29.8 Å². The fourth-order valence-corrected chi connectivity index (χ4v) is 1.64. The highest BCUT2D eigenvalue weighted by Gasteiger charge is 2.31. The number of guanidine groups is 1. The van der Waals surface area contributed by atoms with Gasteiger partial charge in [-0.1, -0.05) is 18.2 Å². The monoisotopic (exact) mass is 333 g/mol. The van der Waals surface area contributed by atoms with Crippen molar-refractivity contribution in [3.8, 4) is 5.75 Å². The molecule has 1 rings (SSSR count). The predicted molar refractivity (Wildman–Crippen MR) is 82.4 cm³/mol. The Balaban J connectivity index is 2.66. The van der Waals surface area contributed by atoms with Gasteiger partial charge in [-0.05, 0) is 19.9 Å². The molecule has 0 aliphatic rings. The van der Waals surface area contributed by atoms with Gasteiger partial charge in [0.25, 0.3) is 0 Å². The van der Waals surface area contributed by atoms with E-state index in [1.807, 2.05) is 13.8 Å². The zero-order valence-electron chi connectivity index (χ0n) is 13.6. The molecule has 5 nitrogen and oxygen atoms in total. The molecule has 0 bridgehead atoms. The maximum atomic E-state index is 12.4. The van der Waals surface area contributed by atoms with Crippen molar-refractivity contribution in [1.29, 1.82) is 0 Å². The van der Waals surface area contributed by atoms with Crippen molar-refractivity contribution in [3.63, 3.8) is 0 Å². The highest BCUT2D eigenvalue weighted by Crippen LogP contribution is 2.25. The smallest absolute Gasteiger partial charge is 0.405 e. The molecule has 0 atom stereocenters. The van der Waals surface area contributed by atoms with Gasteiger partial charge in [-0.25, -0.2) is 0 Å². The second-order valence-corrected chi connectivity index (χ2v) is 5.40. The van der Waals surface area contributed by atoms with E-state index in [0.717, 1.165) is 0 Å². The van der Waals surface area contributed by atoms with Crippen molar-refractivity contribution in [2.45, 2.75) is 32.4 Å². The van der Waals surface area contributed by atoms with Crippen molar-refractivity contribution in [2.24, 2.45) is 4.99 Å². The van der Waals surface area contributed by atoms with E-state index in [2.05, 4.69) is 20.4 Å². The topological polar surface area (TPSA) is 54.9 Å². The summed E-state index contributed by atoms with van der Waals surface area (Å²) in [6.45, 7) is 4.43. The number of alkyl halides is 3. The quantitative estimate of drug-likeness (QED) is 0.621. The first-order valence-electron chi connectivity index (χ1n) is 7.00. The van der Waals surface area contributed by atoms with Gasteiger partial charge in [0, 0.05) is 32.8 Å². The third kappa shape index (κ3) is 7.23. The van der Waals surface area contributed by atoms with E-state index in [1.165, 1.54) is 12.1 Å². The number of nitrogens with zero attached hydrogens (tertiary/aromatic N) is 1. The van der Waals surface area contributed by atoms with Gasteiger partial charge in [0.2, 0.25) is 0 Å². The summed E-state index contributed by atoms with van der Waals surface area (Å²) in [7, 11) is 3.18. The van der Waals surface area contributed by atoms with Gasteiger partial charge in [0.05, 0.1) is 5.60 Å². The zero-order chi connectivity index (χ0) is 17.5. The standard InChI is InChI=1S/C15H22F3N3O2/c1-14(2,22-4)10-21-13(19-3)20-9-11-7-5-6-8-12(11)23-15(16,17)18/h5-8H,9-10H2,1-4H3,(H2,19,20,21). The van der Waals surface area contributed by atoms with Crippen molar-refractivity contribution >= 4 is 5.96 Å². The van der Waals surface area contributed by atoms with Gasteiger partial charge in [0.1, 0.15) is 5.75 Å². The lowest BCUT2D eigenvalue weighted by molar-refractivity contribution is -0.274. The van der Waals surface area contributed by atoms with E-state index in [9.17, 15) is 13.2 Å². The van der Waals surface area contributed by atoms with E-state index in [1.54, 1.807) is 26.3 Å². The van der Waals surface area contributed by atoms with Gasteiger partial charge >= 0.3 is 6.36 Å². The molecule has 0 heterocycles. The second kappa shape index (κ2) is 8.05. The number of nitrogens with one attached hydrogen (secondary N) is 2. The minimum absolute atomic E-state index is 0.138. The van der Waals surface area contributed by atoms with E-state index in [0.29, 0.717) is 18.1 Å². The van der Waals surface area contributed by atoms with Crippen molar-refractivity contribution in [2.75, 3.05) is 20.7 Å². The van der Waals surface area contributed by atoms with Crippen LogP contribution in [0.15, 0.2) is 29.3 Å². The first-order valence-corrected chi connectivity index (χ1v) is 7.00. The van der Waals surface area contributed by atoms with Crippen LogP contribution in [-0.2, 0) is 11.3 Å². The Bertz CT molecular complexity index is 531. The Kier molecular flexibility index (Phi) is 6.68. The van der Waals surface area contributed by atoms with Gasteiger partial charge in [-0.15, -0.1) is 13.2 Å². The number of hydrogen-bond acceptors (Lipinski definition) is 3. The van der Waals surface area contributed by atoms with E-state index < -0.39 is 12.0 Å². The fourth-order valence-electron chi connectivity index (χ4n) is 1.64. The molecule has 8 heteroatoms. The predicted octanol–water partition coefficient (Wildman–Crippen LogP) is 2.68. The lowest BCUT2D eigenvalue weighted by atomic mass is 10.1. The average molecular weight is 333 g/mol. The third-order valence-electron chi connectivity index (χ3n) is 3.10. The molecule has 0 amide bonds. The molecule has 0 aliphatic heterocycles. The lowest BCUT2D eigenvalue weighted by Crippen LogP contribution is -2.45. The van der Waals surface area contributed by atoms with Crippen LogP contribution < -0.4 is 15.4 Å². The third-order valence-corrected chi connectivity index (χ3v) is 3.10. The Hall–Kier alpha value is -1.96. The van der Waals surface area contributed by atoms with Crippen LogP contribution in [0.2, 0.25) is 0 Å². The molecule has 1 aromatic carbocycles. The first-order chi connectivity index (χ1) is 10.7. The van der Waals surface area contributed by atoms with Crippen LogP contribution in [0.4, 0.5) is 13.2 Å². The Morgan fingerprint density at radius 2 is 1.83 bits per heavy atom. The number of aliphatic imine (C=N–C) groups is 1. The second-order valence-electron chi connectivity index (χ2n) is 5.40. The molecule has 0 aliphatic carbocycles. The lowest BCUT2D eigenvalue weighted by Gasteiger charge is -2.24. The molecule has 0 unspecified atom stereocenters. The highest BCUT2D eigenvalue weighted by atomic mass is 19.4. The molecule has 0 saturated carbocycles. The van der Waals surface area contributed by atoms with E-state index in [-0.39, 0.29) is 12.3 Å². The average Bonchev–Trinajstić information content (AvgIpc) is 2.47. The van der Waals surface area contributed by atoms with Crippen LogP contribution in [0.25, 0.3) is 0 Å². The summed E-state index contributed by atoms with van der Waals surface area (Å²) in [5, 5.41) is 5.99. The van der Waals surface area contributed by atoms with Crippen molar-refractivity contribution in [1.82, 2.24) is 10.6 Å². The Labute approximate surface area is 133 Å². The van der Waals surface area contributed by atoms with Gasteiger partial charge < -0.3 is 20.1 Å². The molecule has 1 aromatic rings. The molecule has 130 valence electrons. The van der Waals surface area contributed by atoms with Crippen LogP contribution >= 0.6 is 0 Å². The minimum atomic E-state index is -4.72. The van der Waals surface area contributed by atoms with Gasteiger partial charge in [0.15, 0.2) is 5.96 Å². The number of hydrogen-bond donors (Lipinski definition) is 2. The maximum Gasteiger partial charge on any atom is 0.573 e. The highest BCUT2D eigenvalue weighted by molar-refractivity contribution is 5.79. The van der Waals surface area contributed by atoms with Crippen LogP contribution in [0.3, 0.4) is 0 Å². The molecule has 0 aromatic heterocycles. The normalized spacial score (nSPS) is 12.9. The van der Waals surface area contributed by atoms with E-state index >= 15 is 0 Å². The fraction of sp³-hybridized carbons (Fsp3) is 0.533. The first kappa shape index (κ1) is 19.1. The number of benzene rings is 1. The van der Waals surface area contributed by atoms with Crippen molar-refractivity contribution < 1.29 is 22.6 Å². The number of para-hydroxylation sites is 1. The SMILES string of the molecule is CN=C(NCc1ccccc1OC(F)(F)F)NCC(C)(C)OC. The van der Waals surface area contributed by atoms with Crippen LogP contribution in [0.1, 0.15) is 19.4 Å². The summed E-state index contributed by atoms with van der Waals surface area (Å²) in [4.78, 5) is 4.02. The molecule has 2 N–H and O–H groups in total. The van der Waals surface area contributed by atoms with Crippen LogP contribution in [0, 0.1) is 0 Å². The summed E-state index contributed by atoms with van der Waals surface area (Å²) in [6, 6.07) is 5.96. The van der Waals surface area contributed by atoms with Gasteiger partial charge in [-0.2, -0.15) is 0 Å². The number of ether oxygens (including phenoxy) is 2. The molecule has 23 heavy (non-hydrogen) atoms. The summed E-state index contributed by atoms with van der Waals surface area (Å²) in [5.41, 5.74) is -0.0201. The summed E-state index contributed by atoms with van der Waals surface area (Å²) in [5.74, 6) is 0.220. The molecule has 0 spiro atoms. The largest absolute Gasteiger partial charge is 0.573 e.